The average Bonchev–Trinajstić information content (AvgIpc) is 2.45. The Labute approximate surface area is 81.1 Å². The molecular formula is C7H13N3S2. The van der Waals surface area contributed by atoms with Crippen LogP contribution in [0.3, 0.4) is 0 Å². The van der Waals surface area contributed by atoms with Gasteiger partial charge in [-0.3, -0.25) is 0 Å². The summed E-state index contributed by atoms with van der Waals surface area (Å²) in [6.45, 7) is 3.00. The number of aryl methyl sites for hydroxylation is 1. The molecule has 0 spiro atoms. The second-order valence-corrected chi connectivity index (χ2v) is 4.51. The van der Waals surface area contributed by atoms with E-state index in [0.717, 1.165) is 22.5 Å². The van der Waals surface area contributed by atoms with Gasteiger partial charge in [0.2, 0.25) is 0 Å². The summed E-state index contributed by atoms with van der Waals surface area (Å²) in [6, 6.07) is 0. The SMILES string of the molecule is CNCCCSc1nc(C)ns1. The third-order valence-electron chi connectivity index (χ3n) is 1.31. The Bertz CT molecular complexity index is 224. The lowest BCUT2D eigenvalue weighted by atomic mass is 10.5. The molecule has 0 saturated carbocycles. The summed E-state index contributed by atoms with van der Waals surface area (Å²) in [5.41, 5.74) is 0. The molecule has 0 aromatic carbocycles. The number of hydrogen-bond acceptors (Lipinski definition) is 5. The lowest BCUT2D eigenvalue weighted by Crippen LogP contribution is -2.07. The number of nitrogens with one attached hydrogen (secondary N) is 1. The average molecular weight is 203 g/mol. The molecule has 0 saturated heterocycles. The van der Waals surface area contributed by atoms with Gasteiger partial charge in [0.25, 0.3) is 0 Å². The molecule has 12 heavy (non-hydrogen) atoms. The molecule has 1 aromatic heterocycles. The molecule has 1 aromatic rings. The molecule has 0 aliphatic carbocycles. The minimum absolute atomic E-state index is 0.885. The first-order valence-electron chi connectivity index (χ1n) is 3.90. The highest BCUT2D eigenvalue weighted by molar-refractivity contribution is 8.00. The lowest BCUT2D eigenvalue weighted by Gasteiger charge is -1.95. The maximum Gasteiger partial charge on any atom is 0.170 e. The van der Waals surface area contributed by atoms with Crippen molar-refractivity contribution >= 4 is 23.3 Å². The second-order valence-electron chi connectivity index (χ2n) is 2.41. The summed E-state index contributed by atoms with van der Waals surface area (Å²) in [6.07, 6.45) is 1.18. The Hall–Kier alpha value is -0.130. The van der Waals surface area contributed by atoms with Crippen LogP contribution in [0.2, 0.25) is 0 Å². The number of aromatic nitrogens is 2. The lowest BCUT2D eigenvalue weighted by molar-refractivity contribution is 0.778. The van der Waals surface area contributed by atoms with Gasteiger partial charge in [-0.15, -0.1) is 0 Å². The van der Waals surface area contributed by atoms with Gasteiger partial charge < -0.3 is 5.32 Å². The molecule has 1 heterocycles. The molecule has 0 aliphatic rings. The van der Waals surface area contributed by atoms with E-state index >= 15 is 0 Å². The summed E-state index contributed by atoms with van der Waals surface area (Å²) in [4.78, 5) is 4.26. The van der Waals surface area contributed by atoms with Crippen LogP contribution >= 0.6 is 23.3 Å². The van der Waals surface area contributed by atoms with Crippen LogP contribution in [-0.2, 0) is 0 Å². The molecule has 0 fully saturated rings. The van der Waals surface area contributed by atoms with E-state index in [1.165, 1.54) is 18.0 Å². The molecule has 1 rings (SSSR count). The van der Waals surface area contributed by atoms with Gasteiger partial charge >= 0.3 is 0 Å². The quantitative estimate of drug-likeness (QED) is 0.582. The molecule has 0 unspecified atom stereocenters. The zero-order chi connectivity index (χ0) is 8.81. The van der Waals surface area contributed by atoms with Gasteiger partial charge in [0.05, 0.1) is 0 Å². The van der Waals surface area contributed by atoms with E-state index in [0.29, 0.717) is 0 Å². The van der Waals surface area contributed by atoms with Crippen LogP contribution in [0.15, 0.2) is 4.34 Å². The molecule has 0 bridgehead atoms. The van der Waals surface area contributed by atoms with Crippen LogP contribution in [0, 0.1) is 6.92 Å². The minimum Gasteiger partial charge on any atom is -0.320 e. The highest BCUT2D eigenvalue weighted by Crippen LogP contribution is 2.19. The van der Waals surface area contributed by atoms with Gasteiger partial charge in [-0.25, -0.2) is 4.98 Å². The standard InChI is InChI=1S/C7H13N3S2/c1-6-9-7(12-10-6)11-5-3-4-8-2/h8H,3-5H2,1-2H3. The van der Waals surface area contributed by atoms with Crippen LogP contribution in [-0.4, -0.2) is 28.7 Å². The third-order valence-corrected chi connectivity index (χ3v) is 3.32. The third kappa shape index (κ3) is 3.51. The molecule has 0 atom stereocenters. The monoisotopic (exact) mass is 203 g/mol. The van der Waals surface area contributed by atoms with E-state index in [9.17, 15) is 0 Å². The van der Waals surface area contributed by atoms with E-state index < -0.39 is 0 Å². The Balaban J connectivity index is 2.15. The molecule has 5 heteroatoms. The highest BCUT2D eigenvalue weighted by Gasteiger charge is 1.99. The van der Waals surface area contributed by atoms with Gasteiger partial charge in [0.1, 0.15) is 5.82 Å². The number of hydrogen-bond donors (Lipinski definition) is 1. The summed E-state index contributed by atoms with van der Waals surface area (Å²) in [5.74, 6) is 2.01. The Morgan fingerprint density at radius 2 is 2.42 bits per heavy atom. The number of thioether (sulfide) groups is 1. The molecular weight excluding hydrogens is 190 g/mol. The van der Waals surface area contributed by atoms with Crippen molar-refractivity contribution in [1.82, 2.24) is 14.7 Å². The van der Waals surface area contributed by atoms with Gasteiger partial charge in [-0.1, -0.05) is 11.8 Å². The largest absolute Gasteiger partial charge is 0.320 e. The Kier molecular flexibility index (Phi) is 4.57. The minimum atomic E-state index is 0.885. The second kappa shape index (κ2) is 5.50. The van der Waals surface area contributed by atoms with Crippen LogP contribution in [0.5, 0.6) is 0 Å². The van der Waals surface area contributed by atoms with Crippen molar-refractivity contribution in [3.8, 4) is 0 Å². The zero-order valence-corrected chi connectivity index (χ0v) is 8.97. The fourth-order valence-corrected chi connectivity index (χ4v) is 2.40. The maximum atomic E-state index is 4.26. The van der Waals surface area contributed by atoms with E-state index in [-0.39, 0.29) is 0 Å². The van der Waals surface area contributed by atoms with Gasteiger partial charge in [0, 0.05) is 5.75 Å². The molecule has 0 aliphatic heterocycles. The van der Waals surface area contributed by atoms with Crippen molar-refractivity contribution in [2.24, 2.45) is 0 Å². The van der Waals surface area contributed by atoms with Crippen LogP contribution in [0.4, 0.5) is 0 Å². The summed E-state index contributed by atoms with van der Waals surface area (Å²) in [7, 11) is 1.97. The highest BCUT2D eigenvalue weighted by atomic mass is 32.2. The maximum absolute atomic E-state index is 4.26. The topological polar surface area (TPSA) is 37.8 Å². The normalized spacial score (nSPS) is 10.5. The van der Waals surface area contributed by atoms with Gasteiger partial charge in [-0.05, 0) is 38.5 Å². The van der Waals surface area contributed by atoms with Crippen LogP contribution < -0.4 is 5.32 Å². The van der Waals surface area contributed by atoms with Crippen molar-refractivity contribution < 1.29 is 0 Å². The van der Waals surface area contributed by atoms with E-state index in [2.05, 4.69) is 14.7 Å². The first kappa shape index (κ1) is 9.95. The van der Waals surface area contributed by atoms with Crippen LogP contribution in [0.1, 0.15) is 12.2 Å². The molecule has 68 valence electrons. The first-order valence-corrected chi connectivity index (χ1v) is 5.66. The van der Waals surface area contributed by atoms with Crippen molar-refractivity contribution in [2.45, 2.75) is 17.7 Å². The van der Waals surface area contributed by atoms with Crippen molar-refractivity contribution in [1.29, 1.82) is 0 Å². The predicted molar refractivity (Wildman–Crippen MR) is 53.9 cm³/mol. The predicted octanol–water partition coefficient (Wildman–Crippen LogP) is 1.55. The molecule has 0 amide bonds. The van der Waals surface area contributed by atoms with Gasteiger partial charge in [0.15, 0.2) is 4.34 Å². The Morgan fingerprint density at radius 3 is 3.00 bits per heavy atom. The fraction of sp³-hybridized carbons (Fsp3) is 0.714. The van der Waals surface area contributed by atoms with E-state index in [1.807, 2.05) is 14.0 Å². The fourth-order valence-electron chi connectivity index (χ4n) is 0.745. The summed E-state index contributed by atoms with van der Waals surface area (Å²) >= 11 is 3.28. The molecule has 3 nitrogen and oxygen atoms in total. The zero-order valence-electron chi connectivity index (χ0n) is 7.33. The van der Waals surface area contributed by atoms with Crippen molar-refractivity contribution in [3.63, 3.8) is 0 Å². The Morgan fingerprint density at radius 1 is 1.58 bits per heavy atom. The van der Waals surface area contributed by atoms with E-state index in [4.69, 9.17) is 0 Å². The van der Waals surface area contributed by atoms with Crippen molar-refractivity contribution in [2.75, 3.05) is 19.3 Å². The first-order chi connectivity index (χ1) is 5.83. The smallest absolute Gasteiger partial charge is 0.170 e. The number of nitrogens with zero attached hydrogens (tertiary/aromatic N) is 2. The summed E-state index contributed by atoms with van der Waals surface area (Å²) in [5, 5.41) is 3.11. The van der Waals surface area contributed by atoms with Gasteiger partial charge in [-0.2, -0.15) is 4.37 Å². The molecule has 1 N–H and O–H groups in total. The number of rotatable bonds is 5. The van der Waals surface area contributed by atoms with Crippen molar-refractivity contribution in [3.05, 3.63) is 5.82 Å². The van der Waals surface area contributed by atoms with Crippen LogP contribution in [0.25, 0.3) is 0 Å². The van der Waals surface area contributed by atoms with E-state index in [1.54, 1.807) is 11.8 Å². The summed E-state index contributed by atoms with van der Waals surface area (Å²) < 4.78 is 5.20. The molecule has 0 radical (unpaired) electrons.